The zero-order valence-electron chi connectivity index (χ0n) is 19.4. The highest BCUT2D eigenvalue weighted by Crippen LogP contribution is 2.29. The van der Waals surface area contributed by atoms with Gasteiger partial charge in [0.25, 0.3) is 5.56 Å². The van der Waals surface area contributed by atoms with Crippen molar-refractivity contribution in [2.24, 2.45) is 7.05 Å². The number of fused-ring (bicyclic) bond motifs is 1. The first-order valence-corrected chi connectivity index (χ1v) is 11.5. The van der Waals surface area contributed by atoms with Crippen LogP contribution in [0.25, 0.3) is 21.7 Å². The normalized spacial score (nSPS) is 11.8. The van der Waals surface area contributed by atoms with Gasteiger partial charge in [0.05, 0.1) is 6.33 Å². The number of rotatable bonds is 6. The van der Waals surface area contributed by atoms with Crippen LogP contribution in [-0.2, 0) is 31.1 Å². The summed E-state index contributed by atoms with van der Waals surface area (Å²) in [5.41, 5.74) is -1.05. The van der Waals surface area contributed by atoms with Crippen molar-refractivity contribution in [3.8, 4) is 10.6 Å². The van der Waals surface area contributed by atoms with Crippen LogP contribution in [-0.4, -0.2) is 49.7 Å². The molecule has 0 radical (unpaired) electrons. The van der Waals surface area contributed by atoms with Crippen molar-refractivity contribution in [1.29, 1.82) is 0 Å². The highest BCUT2D eigenvalue weighted by Gasteiger charge is 2.34. The van der Waals surface area contributed by atoms with Gasteiger partial charge in [-0.1, -0.05) is 5.16 Å². The summed E-state index contributed by atoms with van der Waals surface area (Å²) >= 11 is 1.06. The van der Waals surface area contributed by atoms with E-state index in [4.69, 9.17) is 4.52 Å². The highest BCUT2D eigenvalue weighted by atomic mass is 32.1. The minimum absolute atomic E-state index is 0.000595. The molecular weight excluding hydrogens is 533 g/mol. The molecule has 1 N–H and O–H groups in total. The number of aromatic nitrogens is 9. The lowest BCUT2D eigenvalue weighted by Crippen LogP contribution is -2.40. The summed E-state index contributed by atoms with van der Waals surface area (Å²) in [7, 11) is 1.43. The average Bonchev–Trinajstić information content (AvgIpc) is 3.60. The fourth-order valence-corrected chi connectivity index (χ4v) is 4.23. The van der Waals surface area contributed by atoms with Gasteiger partial charge in [-0.05, 0) is 6.92 Å². The molecule has 0 saturated carbocycles. The second-order valence-electron chi connectivity index (χ2n) is 7.89. The molecule has 196 valence electrons. The SMILES string of the molecule is Cc1noc(Cn2c(=O)c3c(ncn3CC(=O)Nc3csc(-c4cnc(C(F)(F)F)nc4)n3)n(C)c2=O)n1. The fraction of sp³-hybridized carbons (Fsp3) is 0.250. The Morgan fingerprint density at radius 2 is 1.89 bits per heavy atom. The van der Waals surface area contributed by atoms with E-state index >= 15 is 0 Å². The molecule has 5 rings (SSSR count). The summed E-state index contributed by atoms with van der Waals surface area (Å²) in [6.45, 7) is 0.974. The number of hydrogen-bond acceptors (Lipinski definition) is 11. The van der Waals surface area contributed by atoms with Crippen molar-refractivity contribution >= 4 is 34.2 Å². The van der Waals surface area contributed by atoms with E-state index < -0.39 is 29.2 Å². The Morgan fingerprint density at radius 1 is 1.16 bits per heavy atom. The minimum atomic E-state index is -4.67. The number of amides is 1. The summed E-state index contributed by atoms with van der Waals surface area (Å²) in [4.78, 5) is 57.4. The number of carbonyl (C=O) groups excluding carboxylic acids is 1. The number of alkyl halides is 3. The van der Waals surface area contributed by atoms with Crippen molar-refractivity contribution in [1.82, 2.24) is 43.8 Å². The smallest absolute Gasteiger partial charge is 0.337 e. The van der Waals surface area contributed by atoms with E-state index in [1.165, 1.54) is 23.3 Å². The molecule has 1 amide bonds. The maximum atomic E-state index is 13.2. The second kappa shape index (κ2) is 9.29. The zero-order valence-corrected chi connectivity index (χ0v) is 20.2. The number of nitrogens with one attached hydrogen (secondary N) is 1. The first kappa shape index (κ1) is 24.9. The standard InChI is InChI=1S/C20H15F3N10O4S/c1-9-27-13(37-30-9)6-33-17(35)14-15(31(2)19(33)36)26-8-32(14)5-12(34)28-11-7-38-16(29-11)10-3-24-18(25-4-10)20(21,22)23/h3-4,7-8H,5-6H2,1-2H3,(H,28,34). The van der Waals surface area contributed by atoms with Gasteiger partial charge >= 0.3 is 11.9 Å². The molecule has 0 saturated heterocycles. The number of nitrogens with zero attached hydrogens (tertiary/aromatic N) is 9. The Labute approximate surface area is 212 Å². The summed E-state index contributed by atoms with van der Waals surface area (Å²) in [6.07, 6.45) is -1.44. The molecule has 0 aliphatic rings. The quantitative estimate of drug-likeness (QED) is 0.325. The van der Waals surface area contributed by atoms with Gasteiger partial charge in [0.1, 0.15) is 23.9 Å². The molecule has 5 aromatic rings. The van der Waals surface area contributed by atoms with Gasteiger partial charge < -0.3 is 14.4 Å². The van der Waals surface area contributed by atoms with Gasteiger partial charge in [0.15, 0.2) is 17.0 Å². The molecule has 0 fully saturated rings. The van der Waals surface area contributed by atoms with E-state index in [0.717, 1.165) is 32.9 Å². The summed E-state index contributed by atoms with van der Waals surface area (Å²) in [5.74, 6) is -1.32. The van der Waals surface area contributed by atoms with Gasteiger partial charge in [0.2, 0.25) is 17.6 Å². The first-order valence-electron chi connectivity index (χ1n) is 10.6. The lowest BCUT2D eigenvalue weighted by molar-refractivity contribution is -0.145. The predicted molar refractivity (Wildman–Crippen MR) is 124 cm³/mol. The molecule has 18 heteroatoms. The van der Waals surface area contributed by atoms with Crippen molar-refractivity contribution < 1.29 is 22.5 Å². The van der Waals surface area contributed by atoms with Crippen LogP contribution >= 0.6 is 11.3 Å². The summed E-state index contributed by atoms with van der Waals surface area (Å²) < 4.78 is 46.4. The molecule has 0 unspecified atom stereocenters. The van der Waals surface area contributed by atoms with Crippen LogP contribution in [0.1, 0.15) is 17.5 Å². The molecule has 0 aliphatic heterocycles. The number of anilines is 1. The third-order valence-electron chi connectivity index (χ3n) is 5.20. The maximum absolute atomic E-state index is 13.2. The Kier molecular flexibility index (Phi) is 6.09. The summed E-state index contributed by atoms with van der Waals surface area (Å²) in [5, 5.41) is 7.97. The third-order valence-corrected chi connectivity index (χ3v) is 6.09. The Balaban J connectivity index is 1.36. The lowest BCUT2D eigenvalue weighted by Gasteiger charge is -2.08. The maximum Gasteiger partial charge on any atom is 0.451 e. The minimum Gasteiger partial charge on any atom is -0.337 e. The highest BCUT2D eigenvalue weighted by molar-refractivity contribution is 7.13. The second-order valence-corrected chi connectivity index (χ2v) is 8.75. The molecular formula is C20H15F3N10O4S. The number of thiazole rings is 1. The zero-order chi connectivity index (χ0) is 27.2. The monoisotopic (exact) mass is 548 g/mol. The molecule has 0 bridgehead atoms. The number of hydrogen-bond donors (Lipinski definition) is 1. The molecule has 38 heavy (non-hydrogen) atoms. The van der Waals surface area contributed by atoms with Gasteiger partial charge in [-0.3, -0.25) is 14.2 Å². The van der Waals surface area contributed by atoms with E-state index in [1.54, 1.807) is 6.92 Å². The predicted octanol–water partition coefficient (Wildman–Crippen LogP) is 1.21. The average molecular weight is 548 g/mol. The number of carbonyl (C=O) groups is 1. The van der Waals surface area contributed by atoms with Gasteiger partial charge in [0, 0.05) is 30.4 Å². The first-order chi connectivity index (χ1) is 18.0. The van der Waals surface area contributed by atoms with E-state index in [0.29, 0.717) is 5.82 Å². The van der Waals surface area contributed by atoms with Crippen molar-refractivity contribution in [2.75, 3.05) is 5.32 Å². The fourth-order valence-electron chi connectivity index (χ4n) is 3.51. The van der Waals surface area contributed by atoms with Crippen LogP contribution in [0.2, 0.25) is 0 Å². The van der Waals surface area contributed by atoms with Crippen LogP contribution in [0.4, 0.5) is 19.0 Å². The van der Waals surface area contributed by atoms with Crippen LogP contribution < -0.4 is 16.6 Å². The van der Waals surface area contributed by atoms with E-state index in [-0.39, 0.29) is 46.5 Å². The largest absolute Gasteiger partial charge is 0.451 e. The molecule has 0 aliphatic carbocycles. The van der Waals surface area contributed by atoms with Gasteiger partial charge in [-0.2, -0.15) is 18.2 Å². The number of halogens is 3. The van der Waals surface area contributed by atoms with Crippen molar-refractivity contribution in [3.63, 3.8) is 0 Å². The molecule has 0 atom stereocenters. The molecule has 0 spiro atoms. The van der Waals surface area contributed by atoms with Crippen LogP contribution in [0.15, 0.2) is 38.2 Å². The Bertz CT molecular complexity index is 1780. The van der Waals surface area contributed by atoms with Crippen molar-refractivity contribution in [3.05, 3.63) is 62.5 Å². The molecule has 5 aromatic heterocycles. The Hall–Kier alpha value is -4.74. The molecule has 0 aromatic carbocycles. The van der Waals surface area contributed by atoms with E-state index in [1.807, 2.05) is 0 Å². The van der Waals surface area contributed by atoms with Crippen LogP contribution in [0.5, 0.6) is 0 Å². The van der Waals surface area contributed by atoms with E-state index in [2.05, 4.69) is 35.4 Å². The summed E-state index contributed by atoms with van der Waals surface area (Å²) in [6, 6.07) is 0. The lowest BCUT2D eigenvalue weighted by atomic mass is 10.3. The Morgan fingerprint density at radius 3 is 2.55 bits per heavy atom. The van der Waals surface area contributed by atoms with Gasteiger partial charge in [-0.25, -0.2) is 29.3 Å². The van der Waals surface area contributed by atoms with Crippen molar-refractivity contribution in [2.45, 2.75) is 26.2 Å². The molecule has 14 nitrogen and oxygen atoms in total. The van der Waals surface area contributed by atoms with Crippen LogP contribution in [0.3, 0.4) is 0 Å². The van der Waals surface area contributed by atoms with E-state index in [9.17, 15) is 27.6 Å². The number of imidazole rings is 1. The molecule has 5 heterocycles. The topological polar surface area (TPSA) is 169 Å². The van der Waals surface area contributed by atoms with Gasteiger partial charge in [-0.15, -0.1) is 11.3 Å². The van der Waals surface area contributed by atoms with Crippen LogP contribution in [0, 0.1) is 6.92 Å². The third kappa shape index (κ3) is 4.67. The number of aryl methyl sites for hydroxylation is 2.